The van der Waals surface area contributed by atoms with Gasteiger partial charge in [-0.2, -0.15) is 0 Å². The second-order valence-electron chi connectivity index (χ2n) is 6.83. The predicted octanol–water partition coefficient (Wildman–Crippen LogP) is 4.89. The molecule has 1 amide bonds. The molecule has 144 valence electrons. The lowest BCUT2D eigenvalue weighted by Crippen LogP contribution is -2.30. The molecule has 3 heterocycles. The van der Waals surface area contributed by atoms with Crippen LogP contribution < -0.4 is 4.74 Å². The third kappa shape index (κ3) is 3.64. The number of carbonyl (C=O) groups is 1. The fourth-order valence-corrected chi connectivity index (χ4v) is 4.68. The standard InChI is InChI=1S/C22H23N3O2S/c1-3-27-18-8-6-17(7-9-18)21-24-15(2)20(28-21)22(26)25-14-4-5-19(25)16-10-12-23-13-11-16/h6-13,19H,3-5,14H2,1-2H3/t19-/m1/s1. The highest BCUT2D eigenvalue weighted by molar-refractivity contribution is 7.17. The van der Waals surface area contributed by atoms with Crippen LogP contribution in [0.2, 0.25) is 0 Å². The Hall–Kier alpha value is -2.73. The predicted molar refractivity (Wildman–Crippen MR) is 111 cm³/mol. The highest BCUT2D eigenvalue weighted by Gasteiger charge is 2.32. The van der Waals surface area contributed by atoms with Crippen LogP contribution in [-0.2, 0) is 0 Å². The number of amides is 1. The van der Waals surface area contributed by atoms with Crippen LogP contribution in [0.3, 0.4) is 0 Å². The van der Waals surface area contributed by atoms with Crippen LogP contribution in [0.1, 0.15) is 46.7 Å². The summed E-state index contributed by atoms with van der Waals surface area (Å²) < 4.78 is 5.50. The number of hydrogen-bond acceptors (Lipinski definition) is 5. The lowest BCUT2D eigenvalue weighted by molar-refractivity contribution is 0.0739. The van der Waals surface area contributed by atoms with Crippen molar-refractivity contribution in [1.29, 1.82) is 0 Å². The van der Waals surface area contributed by atoms with Crippen LogP contribution >= 0.6 is 11.3 Å². The molecule has 0 aliphatic carbocycles. The Labute approximate surface area is 169 Å². The molecule has 2 aromatic heterocycles. The molecule has 1 saturated heterocycles. The first-order valence-corrected chi connectivity index (χ1v) is 10.4. The van der Waals surface area contributed by atoms with Gasteiger partial charge in [-0.3, -0.25) is 9.78 Å². The van der Waals surface area contributed by atoms with Crippen molar-refractivity contribution in [2.24, 2.45) is 0 Å². The summed E-state index contributed by atoms with van der Waals surface area (Å²) in [5.41, 5.74) is 2.94. The van der Waals surface area contributed by atoms with Crippen molar-refractivity contribution in [1.82, 2.24) is 14.9 Å². The largest absolute Gasteiger partial charge is 0.494 e. The molecule has 1 aliphatic rings. The van der Waals surface area contributed by atoms with Crippen molar-refractivity contribution in [3.8, 4) is 16.3 Å². The average Bonchev–Trinajstić information content (AvgIpc) is 3.36. The highest BCUT2D eigenvalue weighted by Crippen LogP contribution is 2.36. The molecule has 4 rings (SSSR count). The second-order valence-corrected chi connectivity index (χ2v) is 7.83. The summed E-state index contributed by atoms with van der Waals surface area (Å²) in [5, 5.41) is 0.864. The van der Waals surface area contributed by atoms with E-state index in [9.17, 15) is 4.79 Å². The van der Waals surface area contributed by atoms with Gasteiger partial charge in [-0.1, -0.05) is 0 Å². The molecule has 0 saturated carbocycles. The first-order chi connectivity index (χ1) is 13.7. The summed E-state index contributed by atoms with van der Waals surface area (Å²) in [6.07, 6.45) is 5.58. The maximum atomic E-state index is 13.3. The number of ether oxygens (including phenoxy) is 1. The lowest BCUT2D eigenvalue weighted by Gasteiger charge is -2.24. The van der Waals surface area contributed by atoms with Gasteiger partial charge in [-0.05, 0) is 68.7 Å². The molecule has 5 nitrogen and oxygen atoms in total. The molecule has 0 bridgehead atoms. The second kappa shape index (κ2) is 8.10. The highest BCUT2D eigenvalue weighted by atomic mass is 32.1. The summed E-state index contributed by atoms with van der Waals surface area (Å²) in [6.45, 7) is 5.30. The van der Waals surface area contributed by atoms with Crippen LogP contribution in [0.4, 0.5) is 0 Å². The number of thiazole rings is 1. The van der Waals surface area contributed by atoms with Crippen LogP contribution in [0.5, 0.6) is 5.75 Å². The Balaban J connectivity index is 1.58. The minimum absolute atomic E-state index is 0.0755. The zero-order valence-electron chi connectivity index (χ0n) is 16.1. The van der Waals surface area contributed by atoms with Gasteiger partial charge in [0.15, 0.2) is 0 Å². The minimum Gasteiger partial charge on any atom is -0.494 e. The zero-order chi connectivity index (χ0) is 19.5. The Morgan fingerprint density at radius 3 is 2.68 bits per heavy atom. The van der Waals surface area contributed by atoms with E-state index in [-0.39, 0.29) is 11.9 Å². The van der Waals surface area contributed by atoms with Gasteiger partial charge in [0.25, 0.3) is 5.91 Å². The average molecular weight is 394 g/mol. The van der Waals surface area contributed by atoms with E-state index in [0.29, 0.717) is 6.61 Å². The maximum Gasteiger partial charge on any atom is 0.266 e. The van der Waals surface area contributed by atoms with E-state index in [1.807, 2.05) is 55.1 Å². The van der Waals surface area contributed by atoms with Crippen molar-refractivity contribution >= 4 is 17.2 Å². The molecule has 1 aromatic carbocycles. The number of pyridine rings is 1. The topological polar surface area (TPSA) is 55.3 Å². The van der Waals surface area contributed by atoms with Gasteiger partial charge in [0.2, 0.25) is 0 Å². The van der Waals surface area contributed by atoms with Crippen molar-refractivity contribution in [2.75, 3.05) is 13.2 Å². The molecule has 0 spiro atoms. The number of aryl methyl sites for hydroxylation is 1. The van der Waals surface area contributed by atoms with Crippen LogP contribution in [0, 0.1) is 6.92 Å². The van der Waals surface area contributed by atoms with E-state index in [1.165, 1.54) is 11.3 Å². The smallest absolute Gasteiger partial charge is 0.266 e. The van der Waals surface area contributed by atoms with Gasteiger partial charge in [0.1, 0.15) is 15.6 Å². The van der Waals surface area contributed by atoms with Crippen molar-refractivity contribution in [3.63, 3.8) is 0 Å². The van der Waals surface area contributed by atoms with Crippen molar-refractivity contribution in [3.05, 3.63) is 64.9 Å². The maximum absolute atomic E-state index is 13.3. The number of rotatable bonds is 5. The fourth-order valence-electron chi connectivity index (χ4n) is 3.65. The van der Waals surface area contributed by atoms with Gasteiger partial charge < -0.3 is 9.64 Å². The Bertz CT molecular complexity index is 954. The molecule has 1 atom stereocenters. The number of carbonyl (C=O) groups excluding carboxylic acids is 1. The minimum atomic E-state index is 0.0755. The summed E-state index contributed by atoms with van der Waals surface area (Å²) in [6, 6.07) is 12.0. The molecule has 1 aliphatic heterocycles. The van der Waals surface area contributed by atoms with Gasteiger partial charge in [-0.15, -0.1) is 11.3 Å². The van der Waals surface area contributed by atoms with E-state index in [0.717, 1.165) is 51.8 Å². The van der Waals surface area contributed by atoms with E-state index in [2.05, 4.69) is 9.97 Å². The van der Waals surface area contributed by atoms with Crippen molar-refractivity contribution < 1.29 is 9.53 Å². The molecule has 1 fully saturated rings. The first kappa shape index (κ1) is 18.6. The Morgan fingerprint density at radius 1 is 1.21 bits per heavy atom. The Kier molecular flexibility index (Phi) is 5.39. The van der Waals surface area contributed by atoms with E-state index < -0.39 is 0 Å². The third-order valence-electron chi connectivity index (χ3n) is 5.01. The normalized spacial score (nSPS) is 16.4. The number of aromatic nitrogens is 2. The number of hydrogen-bond donors (Lipinski definition) is 0. The van der Waals surface area contributed by atoms with E-state index >= 15 is 0 Å². The number of likely N-dealkylation sites (tertiary alicyclic amines) is 1. The SMILES string of the molecule is CCOc1ccc(-c2nc(C)c(C(=O)N3CCC[C@@H]3c3ccncc3)s2)cc1. The first-order valence-electron chi connectivity index (χ1n) is 9.59. The summed E-state index contributed by atoms with van der Waals surface area (Å²) >= 11 is 1.47. The molecule has 6 heteroatoms. The lowest BCUT2D eigenvalue weighted by atomic mass is 10.1. The van der Waals surface area contributed by atoms with Crippen LogP contribution in [0.25, 0.3) is 10.6 Å². The molecule has 0 unspecified atom stereocenters. The monoisotopic (exact) mass is 393 g/mol. The van der Waals surface area contributed by atoms with Gasteiger partial charge in [0, 0.05) is 24.5 Å². The molecule has 28 heavy (non-hydrogen) atoms. The van der Waals surface area contributed by atoms with E-state index in [1.54, 1.807) is 12.4 Å². The fraction of sp³-hybridized carbons (Fsp3) is 0.318. The quantitative estimate of drug-likeness (QED) is 0.619. The molecular formula is C22H23N3O2S. The summed E-state index contributed by atoms with van der Waals surface area (Å²) in [4.78, 5) is 24.8. The number of benzene rings is 1. The van der Waals surface area contributed by atoms with Crippen LogP contribution in [0.15, 0.2) is 48.8 Å². The third-order valence-corrected chi connectivity index (χ3v) is 6.20. The van der Waals surface area contributed by atoms with Crippen molar-refractivity contribution in [2.45, 2.75) is 32.7 Å². The summed E-state index contributed by atoms with van der Waals surface area (Å²) in [5.74, 6) is 0.916. The number of nitrogens with zero attached hydrogens (tertiary/aromatic N) is 3. The molecule has 0 N–H and O–H groups in total. The van der Waals surface area contributed by atoms with E-state index in [4.69, 9.17) is 4.74 Å². The molecular weight excluding hydrogens is 370 g/mol. The molecule has 0 radical (unpaired) electrons. The van der Waals surface area contributed by atoms with Crippen LogP contribution in [-0.4, -0.2) is 33.9 Å². The van der Waals surface area contributed by atoms with Gasteiger partial charge in [-0.25, -0.2) is 4.98 Å². The summed E-state index contributed by atoms with van der Waals surface area (Å²) in [7, 11) is 0. The zero-order valence-corrected chi connectivity index (χ0v) is 16.9. The van der Waals surface area contributed by atoms with Gasteiger partial charge >= 0.3 is 0 Å². The molecule has 3 aromatic rings. The Morgan fingerprint density at radius 2 is 1.96 bits per heavy atom. The van der Waals surface area contributed by atoms with Gasteiger partial charge in [0.05, 0.1) is 18.3 Å².